The number of Topliss-reactive ketones (excluding diaryl/α,β-unsaturated/α-hetero) is 1. The second-order valence-electron chi connectivity index (χ2n) is 5.09. The van der Waals surface area contributed by atoms with Crippen LogP contribution in [0.3, 0.4) is 0 Å². The number of ketones is 1. The Balaban J connectivity index is 1.97. The van der Waals surface area contributed by atoms with Crippen LogP contribution in [-0.4, -0.2) is 23.3 Å². The Morgan fingerprint density at radius 1 is 1.25 bits per heavy atom. The molecule has 24 heavy (non-hydrogen) atoms. The molecule has 0 radical (unpaired) electrons. The molecule has 1 heterocycles. The summed E-state index contributed by atoms with van der Waals surface area (Å²) in [6, 6.07) is 6.09. The van der Waals surface area contributed by atoms with E-state index in [1.807, 2.05) is 18.4 Å². The van der Waals surface area contributed by atoms with Gasteiger partial charge in [0, 0.05) is 28.1 Å². The Morgan fingerprint density at radius 3 is 2.62 bits per heavy atom. The average Bonchev–Trinajstić information content (AvgIpc) is 2.96. The molecule has 0 fully saturated rings. The number of nitro groups is 1. The lowest BCUT2D eigenvalue weighted by molar-refractivity contribution is -0.385. The maximum atomic E-state index is 12.0. The molecule has 6 nitrogen and oxygen atoms in total. The number of hydrogen-bond acceptors (Lipinski definition) is 6. The smallest absolute Gasteiger partial charge is 0.331 e. The summed E-state index contributed by atoms with van der Waals surface area (Å²) < 4.78 is 4.89. The molecular weight excluding hydrogens is 330 g/mol. The minimum absolute atomic E-state index is 0.137. The highest BCUT2D eigenvalue weighted by molar-refractivity contribution is 7.11. The van der Waals surface area contributed by atoms with Crippen LogP contribution in [0.4, 0.5) is 5.69 Å². The first-order valence-electron chi connectivity index (χ1n) is 7.05. The van der Waals surface area contributed by atoms with Gasteiger partial charge in [0.25, 0.3) is 5.69 Å². The highest BCUT2D eigenvalue weighted by Crippen LogP contribution is 2.20. The Kier molecular flexibility index (Phi) is 5.59. The van der Waals surface area contributed by atoms with Crippen LogP contribution in [0.25, 0.3) is 6.08 Å². The van der Waals surface area contributed by atoms with Crippen molar-refractivity contribution in [2.75, 3.05) is 6.61 Å². The van der Waals surface area contributed by atoms with Gasteiger partial charge in [-0.2, -0.15) is 0 Å². The third-order valence-corrected chi connectivity index (χ3v) is 4.33. The molecule has 0 amide bonds. The van der Waals surface area contributed by atoms with Crippen molar-refractivity contribution in [3.05, 3.63) is 67.4 Å². The number of nitro benzene ring substituents is 1. The number of nitrogens with zero attached hydrogens (tertiary/aromatic N) is 1. The van der Waals surface area contributed by atoms with Crippen LogP contribution in [-0.2, 0) is 9.53 Å². The van der Waals surface area contributed by atoms with E-state index in [1.54, 1.807) is 13.0 Å². The van der Waals surface area contributed by atoms with Crippen LogP contribution in [0.1, 0.15) is 26.4 Å². The fraction of sp³-hybridized carbons (Fsp3) is 0.176. The molecule has 0 saturated carbocycles. The van der Waals surface area contributed by atoms with Gasteiger partial charge in [-0.05, 0) is 36.9 Å². The van der Waals surface area contributed by atoms with Crippen LogP contribution in [0, 0.1) is 24.0 Å². The minimum atomic E-state index is -0.641. The summed E-state index contributed by atoms with van der Waals surface area (Å²) in [5.74, 6) is -1.13. The first kappa shape index (κ1) is 17.6. The zero-order valence-corrected chi connectivity index (χ0v) is 14.0. The van der Waals surface area contributed by atoms with Crippen molar-refractivity contribution in [2.45, 2.75) is 13.8 Å². The molecule has 0 N–H and O–H groups in total. The second-order valence-corrected chi connectivity index (χ2v) is 6.04. The summed E-state index contributed by atoms with van der Waals surface area (Å²) in [5, 5.41) is 12.8. The molecule has 0 saturated heterocycles. The molecule has 2 rings (SSSR count). The molecular formula is C17H15NO5S. The second kappa shape index (κ2) is 7.65. The van der Waals surface area contributed by atoms with Crippen LogP contribution >= 0.6 is 11.3 Å². The molecule has 0 atom stereocenters. The molecule has 0 bridgehead atoms. The van der Waals surface area contributed by atoms with E-state index in [9.17, 15) is 19.7 Å². The Bertz CT molecular complexity index is 822. The maximum Gasteiger partial charge on any atom is 0.331 e. The molecule has 0 aliphatic heterocycles. The number of hydrogen-bond donors (Lipinski definition) is 0. The summed E-state index contributed by atoms with van der Waals surface area (Å²) in [4.78, 5) is 34.9. The van der Waals surface area contributed by atoms with E-state index in [0.717, 1.165) is 10.4 Å². The fourth-order valence-electron chi connectivity index (χ4n) is 1.95. The Hall–Kier alpha value is -2.80. The van der Waals surface area contributed by atoms with Crippen LogP contribution < -0.4 is 0 Å². The van der Waals surface area contributed by atoms with Gasteiger partial charge in [-0.15, -0.1) is 11.3 Å². The summed E-state index contributed by atoms with van der Waals surface area (Å²) in [6.45, 7) is 3.05. The van der Waals surface area contributed by atoms with Crippen molar-refractivity contribution >= 4 is 34.9 Å². The first-order valence-corrected chi connectivity index (χ1v) is 7.93. The van der Waals surface area contributed by atoms with Gasteiger partial charge in [0.05, 0.1) is 4.92 Å². The number of rotatable bonds is 6. The highest BCUT2D eigenvalue weighted by atomic mass is 32.1. The molecule has 7 heteroatoms. The third kappa shape index (κ3) is 4.36. The number of aryl methyl sites for hydroxylation is 2. The summed E-state index contributed by atoms with van der Waals surface area (Å²) in [5.41, 5.74) is 1.51. The topological polar surface area (TPSA) is 86.5 Å². The summed E-state index contributed by atoms with van der Waals surface area (Å²) in [7, 11) is 0. The molecule has 1 aromatic heterocycles. The largest absolute Gasteiger partial charge is 0.454 e. The Labute approximate surface area is 142 Å². The number of esters is 1. The first-order chi connectivity index (χ1) is 11.4. The molecule has 0 spiro atoms. The Morgan fingerprint density at radius 2 is 2.00 bits per heavy atom. The lowest BCUT2D eigenvalue weighted by Crippen LogP contribution is -2.13. The molecule has 0 aliphatic carbocycles. The molecule has 124 valence electrons. The van der Waals surface area contributed by atoms with Crippen molar-refractivity contribution in [3.63, 3.8) is 0 Å². The van der Waals surface area contributed by atoms with E-state index in [2.05, 4.69) is 0 Å². The average molecular weight is 345 g/mol. The molecule has 2 aromatic rings. The predicted octanol–water partition coefficient (Wildman–Crippen LogP) is 3.71. The number of benzene rings is 1. The monoisotopic (exact) mass is 345 g/mol. The van der Waals surface area contributed by atoms with Gasteiger partial charge >= 0.3 is 5.97 Å². The SMILES string of the molecule is Cc1ccc(C(=O)COC(=O)/C=C/c2sccc2C)cc1[N+](=O)[O-]. The lowest BCUT2D eigenvalue weighted by atomic mass is 10.1. The van der Waals surface area contributed by atoms with Crippen LogP contribution in [0.5, 0.6) is 0 Å². The van der Waals surface area contributed by atoms with E-state index in [-0.39, 0.29) is 11.3 Å². The van der Waals surface area contributed by atoms with Crippen molar-refractivity contribution in [1.82, 2.24) is 0 Å². The highest BCUT2D eigenvalue weighted by Gasteiger charge is 2.15. The van der Waals surface area contributed by atoms with Gasteiger partial charge in [-0.25, -0.2) is 4.79 Å². The minimum Gasteiger partial charge on any atom is -0.454 e. The van der Waals surface area contributed by atoms with E-state index < -0.39 is 23.3 Å². The van der Waals surface area contributed by atoms with Gasteiger partial charge < -0.3 is 4.74 Å². The number of ether oxygens (including phenoxy) is 1. The van der Waals surface area contributed by atoms with E-state index in [0.29, 0.717) is 5.56 Å². The zero-order valence-electron chi connectivity index (χ0n) is 13.1. The van der Waals surface area contributed by atoms with Crippen molar-refractivity contribution < 1.29 is 19.2 Å². The van der Waals surface area contributed by atoms with Gasteiger partial charge in [-0.1, -0.05) is 12.1 Å². The van der Waals surface area contributed by atoms with E-state index in [4.69, 9.17) is 4.74 Å². The molecule has 0 unspecified atom stereocenters. The normalized spacial score (nSPS) is 10.8. The summed E-state index contributed by atoms with van der Waals surface area (Å²) in [6.07, 6.45) is 2.88. The fourth-order valence-corrected chi connectivity index (χ4v) is 2.77. The third-order valence-electron chi connectivity index (χ3n) is 3.35. The number of thiophene rings is 1. The lowest BCUT2D eigenvalue weighted by Gasteiger charge is -2.03. The maximum absolute atomic E-state index is 12.0. The molecule has 1 aromatic carbocycles. The standard InChI is InChI=1S/C17H15NO5S/c1-11-3-4-13(9-14(11)18(21)22)15(19)10-23-17(20)6-5-16-12(2)7-8-24-16/h3-9H,10H2,1-2H3/b6-5+. The molecule has 0 aliphatic rings. The van der Waals surface area contributed by atoms with Gasteiger partial charge in [0.2, 0.25) is 5.78 Å². The van der Waals surface area contributed by atoms with Crippen LogP contribution in [0.15, 0.2) is 35.7 Å². The van der Waals surface area contributed by atoms with E-state index >= 15 is 0 Å². The van der Waals surface area contributed by atoms with E-state index in [1.165, 1.54) is 35.6 Å². The van der Waals surface area contributed by atoms with Gasteiger partial charge in [-0.3, -0.25) is 14.9 Å². The van der Waals surface area contributed by atoms with Gasteiger partial charge in [0.15, 0.2) is 6.61 Å². The predicted molar refractivity (Wildman–Crippen MR) is 91.2 cm³/mol. The quantitative estimate of drug-likeness (QED) is 0.262. The van der Waals surface area contributed by atoms with Gasteiger partial charge in [0.1, 0.15) is 0 Å². The van der Waals surface area contributed by atoms with Crippen LogP contribution in [0.2, 0.25) is 0 Å². The number of carbonyl (C=O) groups is 2. The number of carbonyl (C=O) groups excluding carboxylic acids is 2. The zero-order chi connectivity index (χ0) is 17.7. The van der Waals surface area contributed by atoms with Crippen molar-refractivity contribution in [1.29, 1.82) is 0 Å². The van der Waals surface area contributed by atoms with Crippen molar-refractivity contribution in [3.8, 4) is 0 Å². The van der Waals surface area contributed by atoms with Crippen molar-refractivity contribution in [2.24, 2.45) is 0 Å². The summed E-state index contributed by atoms with van der Waals surface area (Å²) >= 11 is 1.49.